The number of aromatic nitrogens is 1. The average Bonchev–Trinajstić information content (AvgIpc) is 2.74. The van der Waals surface area contributed by atoms with Crippen LogP contribution in [0.15, 0.2) is 17.5 Å². The van der Waals surface area contributed by atoms with Crippen molar-refractivity contribution in [2.24, 2.45) is 0 Å². The van der Waals surface area contributed by atoms with Crippen LogP contribution in [0.4, 0.5) is 0 Å². The average molecular weight is 237 g/mol. The number of carbonyl (C=O) groups excluding carboxylic acids is 2. The number of hydrogen-bond acceptors (Lipinski definition) is 4. The molecular weight excluding hydrogens is 230 g/mol. The molecule has 0 aromatic carbocycles. The van der Waals surface area contributed by atoms with Crippen LogP contribution in [0, 0.1) is 0 Å². The molecule has 1 N–H and O–H groups in total. The Morgan fingerprint density at radius 1 is 1.38 bits per heavy atom. The van der Waals surface area contributed by atoms with E-state index in [0.717, 1.165) is 11.5 Å². The molecule has 0 radical (unpaired) electrons. The highest BCUT2D eigenvalue weighted by atomic mass is 32.1. The Hall–Kier alpha value is -1.95. The SMILES string of the molecule is CC(=O)C(=O)n1c(C(=O)O)cc2sccc21. The van der Waals surface area contributed by atoms with Crippen LogP contribution in [-0.4, -0.2) is 27.3 Å². The van der Waals surface area contributed by atoms with Crippen LogP contribution in [0.25, 0.3) is 10.2 Å². The third-order valence-electron chi connectivity index (χ3n) is 2.15. The Bertz CT molecular complexity index is 607. The molecule has 2 heterocycles. The fourth-order valence-corrected chi connectivity index (χ4v) is 2.26. The normalized spacial score (nSPS) is 10.6. The summed E-state index contributed by atoms with van der Waals surface area (Å²) in [6.45, 7) is 1.12. The highest BCUT2D eigenvalue weighted by molar-refractivity contribution is 7.17. The minimum Gasteiger partial charge on any atom is -0.477 e. The first-order chi connectivity index (χ1) is 7.52. The second-order valence-electron chi connectivity index (χ2n) is 3.20. The van der Waals surface area contributed by atoms with Crippen molar-refractivity contribution in [3.63, 3.8) is 0 Å². The molecule has 0 amide bonds. The maximum atomic E-state index is 11.6. The molecular formula is C10H7NO4S. The van der Waals surface area contributed by atoms with Gasteiger partial charge in [0, 0.05) is 6.92 Å². The molecule has 0 unspecified atom stereocenters. The molecule has 2 aromatic rings. The molecule has 0 fully saturated rings. The Balaban J connectivity index is 2.76. The number of hydrogen-bond donors (Lipinski definition) is 1. The lowest BCUT2D eigenvalue weighted by molar-refractivity contribution is -0.113. The van der Waals surface area contributed by atoms with Gasteiger partial charge in [-0.2, -0.15) is 0 Å². The molecule has 2 aromatic heterocycles. The fourth-order valence-electron chi connectivity index (χ4n) is 1.46. The quantitative estimate of drug-likeness (QED) is 0.805. The van der Waals surface area contributed by atoms with Gasteiger partial charge in [0.05, 0.1) is 10.2 Å². The van der Waals surface area contributed by atoms with E-state index in [1.54, 1.807) is 11.4 Å². The first-order valence-corrected chi connectivity index (χ1v) is 5.28. The van der Waals surface area contributed by atoms with Crippen LogP contribution in [0.5, 0.6) is 0 Å². The molecule has 0 atom stereocenters. The van der Waals surface area contributed by atoms with Crippen molar-refractivity contribution < 1.29 is 19.5 Å². The number of thiophene rings is 1. The van der Waals surface area contributed by atoms with E-state index in [1.165, 1.54) is 17.4 Å². The maximum Gasteiger partial charge on any atom is 0.353 e. The lowest BCUT2D eigenvalue weighted by atomic mass is 10.4. The zero-order chi connectivity index (χ0) is 11.9. The number of Topliss-reactive ketones (excluding diaryl/α,β-unsaturated/α-hetero) is 1. The minimum absolute atomic E-state index is 0.179. The Morgan fingerprint density at radius 2 is 2.06 bits per heavy atom. The summed E-state index contributed by atoms with van der Waals surface area (Å²) >= 11 is 1.32. The highest BCUT2D eigenvalue weighted by Gasteiger charge is 2.22. The standard InChI is InChI=1S/C10H7NO4S/c1-5(12)9(13)11-6-2-3-16-8(6)4-7(11)10(14)15/h2-4H,1H3,(H,14,15). The van der Waals surface area contributed by atoms with Crippen molar-refractivity contribution in [1.82, 2.24) is 4.57 Å². The van der Waals surface area contributed by atoms with Crippen molar-refractivity contribution >= 4 is 39.2 Å². The molecule has 0 aliphatic carbocycles. The molecule has 0 aliphatic rings. The summed E-state index contributed by atoms with van der Waals surface area (Å²) in [5.41, 5.74) is 0.282. The first kappa shape index (κ1) is 10.6. The van der Waals surface area contributed by atoms with E-state index in [-0.39, 0.29) is 5.69 Å². The van der Waals surface area contributed by atoms with Gasteiger partial charge in [0.2, 0.25) is 5.78 Å². The lowest BCUT2D eigenvalue weighted by Crippen LogP contribution is -2.22. The summed E-state index contributed by atoms with van der Waals surface area (Å²) in [5, 5.41) is 10.7. The molecule has 82 valence electrons. The second-order valence-corrected chi connectivity index (χ2v) is 4.15. The van der Waals surface area contributed by atoms with Crippen molar-refractivity contribution in [3.8, 4) is 0 Å². The lowest BCUT2D eigenvalue weighted by Gasteiger charge is -2.02. The predicted molar refractivity (Wildman–Crippen MR) is 58.1 cm³/mol. The van der Waals surface area contributed by atoms with E-state index in [9.17, 15) is 14.4 Å². The zero-order valence-electron chi connectivity index (χ0n) is 8.26. The zero-order valence-corrected chi connectivity index (χ0v) is 9.08. The largest absolute Gasteiger partial charge is 0.477 e. The Kier molecular flexibility index (Phi) is 2.35. The van der Waals surface area contributed by atoms with Gasteiger partial charge in [-0.25, -0.2) is 4.79 Å². The van der Waals surface area contributed by atoms with Crippen molar-refractivity contribution in [3.05, 3.63) is 23.2 Å². The number of fused-ring (bicyclic) bond motifs is 1. The van der Waals surface area contributed by atoms with Crippen molar-refractivity contribution in [2.45, 2.75) is 6.92 Å². The van der Waals surface area contributed by atoms with Crippen LogP contribution >= 0.6 is 11.3 Å². The summed E-state index contributed by atoms with van der Waals surface area (Å²) in [6, 6.07) is 3.01. The van der Waals surface area contributed by atoms with Gasteiger partial charge in [0.25, 0.3) is 5.91 Å². The number of carbonyl (C=O) groups is 3. The first-order valence-electron chi connectivity index (χ1n) is 4.40. The molecule has 2 rings (SSSR count). The van der Waals surface area contributed by atoms with Crippen LogP contribution < -0.4 is 0 Å². The van der Waals surface area contributed by atoms with Gasteiger partial charge < -0.3 is 5.11 Å². The van der Waals surface area contributed by atoms with Gasteiger partial charge in [0.1, 0.15) is 5.69 Å². The number of ketones is 1. The molecule has 6 heteroatoms. The molecule has 0 saturated carbocycles. The molecule has 0 bridgehead atoms. The van der Waals surface area contributed by atoms with Crippen LogP contribution in [-0.2, 0) is 4.79 Å². The molecule has 0 saturated heterocycles. The smallest absolute Gasteiger partial charge is 0.353 e. The van der Waals surface area contributed by atoms with Gasteiger partial charge in [-0.05, 0) is 17.5 Å². The summed E-state index contributed by atoms with van der Waals surface area (Å²) in [7, 11) is 0. The number of rotatable bonds is 2. The summed E-state index contributed by atoms with van der Waals surface area (Å²) in [6.07, 6.45) is 0. The Morgan fingerprint density at radius 3 is 2.62 bits per heavy atom. The summed E-state index contributed by atoms with van der Waals surface area (Å²) in [5.74, 6) is -2.74. The molecule has 16 heavy (non-hydrogen) atoms. The number of carboxylic acid groups (broad SMARTS) is 1. The number of nitrogens with zero attached hydrogens (tertiary/aromatic N) is 1. The summed E-state index contributed by atoms with van der Waals surface area (Å²) in [4.78, 5) is 33.6. The molecule has 0 aliphatic heterocycles. The number of carboxylic acids is 1. The van der Waals surface area contributed by atoms with Crippen LogP contribution in [0.3, 0.4) is 0 Å². The van der Waals surface area contributed by atoms with Crippen LogP contribution in [0.1, 0.15) is 22.2 Å². The van der Waals surface area contributed by atoms with E-state index in [0.29, 0.717) is 10.2 Å². The molecule has 0 spiro atoms. The van der Waals surface area contributed by atoms with Gasteiger partial charge in [-0.15, -0.1) is 11.3 Å². The highest BCUT2D eigenvalue weighted by Crippen LogP contribution is 2.25. The van der Waals surface area contributed by atoms with E-state index < -0.39 is 17.7 Å². The predicted octanol–water partition coefficient (Wildman–Crippen LogP) is 1.63. The van der Waals surface area contributed by atoms with Crippen molar-refractivity contribution in [1.29, 1.82) is 0 Å². The van der Waals surface area contributed by atoms with E-state index >= 15 is 0 Å². The summed E-state index contributed by atoms with van der Waals surface area (Å²) < 4.78 is 1.61. The third-order valence-corrected chi connectivity index (χ3v) is 3.00. The van der Waals surface area contributed by atoms with Gasteiger partial charge in [-0.1, -0.05) is 0 Å². The second kappa shape index (κ2) is 3.57. The maximum absolute atomic E-state index is 11.6. The van der Waals surface area contributed by atoms with Crippen molar-refractivity contribution in [2.75, 3.05) is 0 Å². The minimum atomic E-state index is -1.22. The van der Waals surface area contributed by atoms with E-state index in [2.05, 4.69) is 0 Å². The number of aromatic carboxylic acids is 1. The van der Waals surface area contributed by atoms with Crippen LogP contribution in [0.2, 0.25) is 0 Å². The van der Waals surface area contributed by atoms with Gasteiger partial charge in [-0.3, -0.25) is 14.2 Å². The van der Waals surface area contributed by atoms with E-state index in [4.69, 9.17) is 5.11 Å². The van der Waals surface area contributed by atoms with Gasteiger partial charge in [0.15, 0.2) is 0 Å². The molecule has 5 nitrogen and oxygen atoms in total. The monoisotopic (exact) mass is 237 g/mol. The Labute approximate surface area is 93.9 Å². The van der Waals surface area contributed by atoms with Gasteiger partial charge >= 0.3 is 5.97 Å². The topological polar surface area (TPSA) is 76.4 Å². The van der Waals surface area contributed by atoms with E-state index in [1.807, 2.05) is 0 Å². The fraction of sp³-hybridized carbons (Fsp3) is 0.100. The third kappa shape index (κ3) is 1.43.